The van der Waals surface area contributed by atoms with Gasteiger partial charge >= 0.3 is 12.3 Å². The van der Waals surface area contributed by atoms with Crippen molar-refractivity contribution in [2.24, 2.45) is 0 Å². The number of benzene rings is 2. The van der Waals surface area contributed by atoms with Crippen LogP contribution in [-0.4, -0.2) is 38.4 Å². The maximum absolute atomic E-state index is 13.0. The molecule has 0 heterocycles. The van der Waals surface area contributed by atoms with Crippen molar-refractivity contribution in [3.05, 3.63) is 58.6 Å². The fraction of sp³-hybridized carbons (Fsp3) is 0.409. The predicted molar refractivity (Wildman–Crippen MR) is 117 cm³/mol. The van der Waals surface area contributed by atoms with E-state index < -0.39 is 38.1 Å². The molecule has 0 spiro atoms. The summed E-state index contributed by atoms with van der Waals surface area (Å²) in [5.74, 6) is 0. The third-order valence-electron chi connectivity index (χ3n) is 5.01. The summed E-state index contributed by atoms with van der Waals surface area (Å²) in [6.45, 7) is 3.21. The standard InChI is InChI=1S/C22H25ClF3NO5S/c1-3-32-20(29)27-21(2,14-28)11-5-6-15-9-10-18(13-19(15)23)33(30,31)17-8-4-7-16(12-17)22(24,25)26/h4,7-10,12-13,28H,3,5-6,11,14H2,1-2H3,(H,27,29)/t21-/m1/s1. The average Bonchev–Trinajstić information content (AvgIpc) is 2.74. The minimum absolute atomic E-state index is 0.145. The van der Waals surface area contributed by atoms with Crippen molar-refractivity contribution in [2.75, 3.05) is 13.2 Å². The SMILES string of the molecule is CCOC(=O)N[C@@](C)(CO)CCCc1ccc(S(=O)(=O)c2cccc(C(F)(F)F)c2)cc1Cl. The third kappa shape index (κ3) is 7.09. The number of aryl methyl sites for hydroxylation is 1. The van der Waals surface area contributed by atoms with Gasteiger partial charge in [0, 0.05) is 5.02 Å². The molecule has 2 N–H and O–H groups in total. The summed E-state index contributed by atoms with van der Waals surface area (Å²) in [7, 11) is -4.21. The van der Waals surface area contributed by atoms with E-state index in [1.54, 1.807) is 13.8 Å². The number of alkyl halides is 3. The summed E-state index contributed by atoms with van der Waals surface area (Å²) < 4.78 is 69.3. The molecular formula is C22H25ClF3NO5S. The molecule has 1 atom stereocenters. The highest BCUT2D eigenvalue weighted by molar-refractivity contribution is 7.91. The van der Waals surface area contributed by atoms with Crippen LogP contribution in [0.15, 0.2) is 52.3 Å². The predicted octanol–water partition coefficient (Wildman–Crippen LogP) is 5.01. The number of nitrogens with one attached hydrogen (secondary N) is 1. The van der Waals surface area contributed by atoms with Gasteiger partial charge in [-0.05, 0) is 69.0 Å². The number of sulfone groups is 1. The maximum atomic E-state index is 13.0. The van der Waals surface area contributed by atoms with Gasteiger partial charge in [-0.25, -0.2) is 13.2 Å². The zero-order valence-electron chi connectivity index (χ0n) is 18.1. The number of halogens is 4. The smallest absolute Gasteiger partial charge is 0.416 e. The summed E-state index contributed by atoms with van der Waals surface area (Å²) in [5, 5.41) is 12.4. The van der Waals surface area contributed by atoms with E-state index in [4.69, 9.17) is 16.3 Å². The number of aliphatic hydroxyl groups excluding tert-OH is 1. The van der Waals surface area contributed by atoms with Gasteiger partial charge in [0.15, 0.2) is 0 Å². The lowest BCUT2D eigenvalue weighted by Gasteiger charge is -2.28. The Morgan fingerprint density at radius 3 is 2.39 bits per heavy atom. The largest absolute Gasteiger partial charge is 0.450 e. The van der Waals surface area contributed by atoms with E-state index >= 15 is 0 Å². The van der Waals surface area contributed by atoms with Crippen molar-refractivity contribution in [3.63, 3.8) is 0 Å². The molecule has 0 bridgehead atoms. The molecule has 0 aliphatic rings. The highest BCUT2D eigenvalue weighted by atomic mass is 35.5. The number of carbonyl (C=O) groups is 1. The van der Waals surface area contributed by atoms with Crippen molar-refractivity contribution in [2.45, 2.75) is 54.6 Å². The van der Waals surface area contributed by atoms with E-state index in [9.17, 15) is 31.5 Å². The first-order valence-corrected chi connectivity index (χ1v) is 11.9. The number of rotatable bonds is 9. The number of hydrogen-bond acceptors (Lipinski definition) is 5. The van der Waals surface area contributed by atoms with E-state index in [1.807, 2.05) is 0 Å². The van der Waals surface area contributed by atoms with E-state index in [0.717, 1.165) is 18.2 Å². The first-order chi connectivity index (χ1) is 15.3. The molecule has 0 fully saturated rings. The summed E-state index contributed by atoms with van der Waals surface area (Å²) in [6.07, 6.45) is -4.00. The van der Waals surface area contributed by atoms with Crippen LogP contribution in [0.3, 0.4) is 0 Å². The Labute approximate surface area is 195 Å². The first-order valence-electron chi connectivity index (χ1n) is 10.1. The van der Waals surface area contributed by atoms with Crippen LogP contribution >= 0.6 is 11.6 Å². The number of hydrogen-bond donors (Lipinski definition) is 2. The Morgan fingerprint density at radius 2 is 1.82 bits per heavy atom. The van der Waals surface area contributed by atoms with Gasteiger partial charge in [-0.3, -0.25) is 0 Å². The number of alkyl carbamates (subject to hydrolysis) is 1. The highest BCUT2D eigenvalue weighted by Crippen LogP contribution is 2.33. The average molecular weight is 508 g/mol. The Kier molecular flexibility index (Phi) is 8.78. The van der Waals surface area contributed by atoms with Gasteiger partial charge in [0.05, 0.1) is 34.1 Å². The molecule has 6 nitrogen and oxygen atoms in total. The molecule has 182 valence electrons. The van der Waals surface area contributed by atoms with Crippen LogP contribution < -0.4 is 5.32 Å². The van der Waals surface area contributed by atoms with E-state index in [2.05, 4.69) is 5.32 Å². The molecule has 0 unspecified atom stereocenters. The normalized spacial score (nSPS) is 13.9. The van der Waals surface area contributed by atoms with Gasteiger partial charge in [0.25, 0.3) is 0 Å². The monoisotopic (exact) mass is 507 g/mol. The quantitative estimate of drug-likeness (QED) is 0.497. The molecule has 1 amide bonds. The van der Waals surface area contributed by atoms with E-state index in [-0.39, 0.29) is 23.1 Å². The van der Waals surface area contributed by atoms with Crippen molar-refractivity contribution in [1.29, 1.82) is 0 Å². The van der Waals surface area contributed by atoms with Crippen LogP contribution in [0.1, 0.15) is 37.8 Å². The number of amides is 1. The topological polar surface area (TPSA) is 92.7 Å². The molecule has 2 aromatic rings. The molecule has 0 aliphatic carbocycles. The van der Waals surface area contributed by atoms with Crippen LogP contribution in [0, 0.1) is 0 Å². The minimum atomic E-state index is -4.67. The van der Waals surface area contributed by atoms with Crippen LogP contribution in [0.2, 0.25) is 5.02 Å². The third-order valence-corrected chi connectivity index (χ3v) is 7.11. The van der Waals surface area contributed by atoms with Crippen molar-refractivity contribution >= 4 is 27.5 Å². The Morgan fingerprint density at radius 1 is 1.15 bits per heavy atom. The number of carbonyl (C=O) groups excluding carboxylic acids is 1. The second kappa shape index (κ2) is 10.8. The van der Waals surface area contributed by atoms with Crippen LogP contribution in [0.25, 0.3) is 0 Å². The van der Waals surface area contributed by atoms with Crippen molar-refractivity contribution in [1.82, 2.24) is 5.32 Å². The molecule has 0 aliphatic heterocycles. The summed E-state index contributed by atoms with van der Waals surface area (Å²) in [5.41, 5.74) is -1.35. The molecule has 11 heteroatoms. The fourth-order valence-corrected chi connectivity index (χ4v) is 4.81. The molecule has 2 aromatic carbocycles. The van der Waals surface area contributed by atoms with Crippen LogP contribution in [-0.2, 0) is 27.2 Å². The summed E-state index contributed by atoms with van der Waals surface area (Å²) in [6, 6.07) is 7.51. The minimum Gasteiger partial charge on any atom is -0.450 e. The Hall–Kier alpha value is -2.30. The Balaban J connectivity index is 2.14. The second-order valence-electron chi connectivity index (χ2n) is 7.70. The fourth-order valence-electron chi connectivity index (χ4n) is 3.14. The molecular weight excluding hydrogens is 483 g/mol. The van der Waals surface area contributed by atoms with E-state index in [0.29, 0.717) is 30.9 Å². The maximum Gasteiger partial charge on any atom is 0.416 e. The highest BCUT2D eigenvalue weighted by Gasteiger charge is 2.32. The lowest BCUT2D eigenvalue weighted by molar-refractivity contribution is -0.137. The summed E-state index contributed by atoms with van der Waals surface area (Å²) >= 11 is 6.25. The molecule has 0 saturated carbocycles. The van der Waals surface area contributed by atoms with Gasteiger partial charge in [-0.1, -0.05) is 23.7 Å². The van der Waals surface area contributed by atoms with Crippen LogP contribution in [0.5, 0.6) is 0 Å². The van der Waals surface area contributed by atoms with Crippen molar-refractivity contribution in [3.8, 4) is 0 Å². The summed E-state index contributed by atoms with van der Waals surface area (Å²) in [4.78, 5) is 10.9. The lowest BCUT2D eigenvalue weighted by Crippen LogP contribution is -2.49. The molecule has 2 rings (SSSR count). The lowest BCUT2D eigenvalue weighted by atomic mass is 9.94. The van der Waals surface area contributed by atoms with E-state index in [1.165, 1.54) is 18.2 Å². The van der Waals surface area contributed by atoms with Gasteiger partial charge in [0.2, 0.25) is 9.84 Å². The molecule has 0 saturated heterocycles. The molecule has 33 heavy (non-hydrogen) atoms. The zero-order chi connectivity index (χ0) is 24.9. The Bertz CT molecular complexity index is 1090. The first kappa shape index (κ1) is 26.9. The molecule has 0 aromatic heterocycles. The van der Waals surface area contributed by atoms with Gasteiger partial charge in [0.1, 0.15) is 0 Å². The molecule has 0 radical (unpaired) electrons. The van der Waals surface area contributed by atoms with Gasteiger partial charge < -0.3 is 15.2 Å². The van der Waals surface area contributed by atoms with Gasteiger partial charge in [-0.15, -0.1) is 0 Å². The number of ether oxygens (including phenoxy) is 1. The van der Waals surface area contributed by atoms with Crippen molar-refractivity contribution < 1.29 is 36.2 Å². The van der Waals surface area contributed by atoms with Gasteiger partial charge in [-0.2, -0.15) is 13.2 Å². The number of aliphatic hydroxyl groups is 1. The van der Waals surface area contributed by atoms with Crippen LogP contribution in [0.4, 0.5) is 18.0 Å². The zero-order valence-corrected chi connectivity index (χ0v) is 19.6. The second-order valence-corrected chi connectivity index (χ2v) is 10.1.